The fourth-order valence-electron chi connectivity index (χ4n) is 3.91. The molecule has 0 spiro atoms. The lowest BCUT2D eigenvalue weighted by Crippen LogP contribution is -2.44. The number of nitrogens with one attached hydrogen (secondary N) is 1. The molecule has 1 N–H and O–H groups in total. The molecule has 0 aliphatic carbocycles. The van der Waals surface area contributed by atoms with E-state index in [-0.39, 0.29) is 5.54 Å². The molecule has 3 rings (SSSR count). The highest BCUT2D eigenvalue weighted by Gasteiger charge is 2.49. The number of benzene rings is 1. The molecule has 1 aromatic carbocycles. The van der Waals surface area contributed by atoms with Gasteiger partial charge in [0.25, 0.3) is 0 Å². The van der Waals surface area contributed by atoms with E-state index in [1.807, 2.05) is 0 Å². The lowest BCUT2D eigenvalue weighted by molar-refractivity contribution is -0.138. The molecular weight excluding hydrogens is 277 g/mol. The van der Waals surface area contributed by atoms with Crippen molar-refractivity contribution in [1.29, 1.82) is 0 Å². The Morgan fingerprint density at radius 2 is 1.95 bits per heavy atom. The zero-order chi connectivity index (χ0) is 15.3. The SMILES string of the molecule is CC1(C)C2CNCC2CN1Cc1ccccc1C(F)(F)F. The van der Waals surface area contributed by atoms with E-state index in [1.165, 1.54) is 12.1 Å². The number of nitrogens with zero attached hydrogens (tertiary/aromatic N) is 1. The van der Waals surface area contributed by atoms with Crippen LogP contribution in [0.4, 0.5) is 13.2 Å². The molecule has 2 aliphatic heterocycles. The van der Waals surface area contributed by atoms with E-state index in [4.69, 9.17) is 0 Å². The van der Waals surface area contributed by atoms with E-state index in [9.17, 15) is 13.2 Å². The first-order valence-electron chi connectivity index (χ1n) is 7.41. The second kappa shape index (κ2) is 4.99. The van der Waals surface area contributed by atoms with Gasteiger partial charge in [0.1, 0.15) is 0 Å². The molecule has 2 atom stereocenters. The molecule has 116 valence electrons. The van der Waals surface area contributed by atoms with Gasteiger partial charge in [0.05, 0.1) is 5.56 Å². The molecule has 2 saturated heterocycles. The minimum atomic E-state index is -4.28. The molecule has 1 aromatic rings. The van der Waals surface area contributed by atoms with E-state index in [0.29, 0.717) is 23.9 Å². The van der Waals surface area contributed by atoms with Gasteiger partial charge in [-0.2, -0.15) is 13.2 Å². The Morgan fingerprint density at radius 3 is 2.62 bits per heavy atom. The molecule has 0 amide bonds. The van der Waals surface area contributed by atoms with Crippen molar-refractivity contribution >= 4 is 0 Å². The Bertz CT molecular complexity index is 524. The van der Waals surface area contributed by atoms with E-state index in [2.05, 4.69) is 24.1 Å². The van der Waals surface area contributed by atoms with Gasteiger partial charge in [0.2, 0.25) is 0 Å². The Labute approximate surface area is 123 Å². The molecule has 2 heterocycles. The van der Waals surface area contributed by atoms with Crippen LogP contribution in [0.15, 0.2) is 24.3 Å². The summed E-state index contributed by atoms with van der Waals surface area (Å²) in [4.78, 5) is 2.22. The fraction of sp³-hybridized carbons (Fsp3) is 0.625. The number of hydrogen-bond donors (Lipinski definition) is 1. The van der Waals surface area contributed by atoms with E-state index in [0.717, 1.165) is 19.6 Å². The third kappa shape index (κ3) is 2.57. The number of likely N-dealkylation sites (tertiary alicyclic amines) is 1. The van der Waals surface area contributed by atoms with Crippen LogP contribution in [0.5, 0.6) is 0 Å². The third-order valence-electron chi connectivity index (χ3n) is 5.20. The molecular formula is C16H21F3N2. The summed E-state index contributed by atoms with van der Waals surface area (Å²) < 4.78 is 39.4. The van der Waals surface area contributed by atoms with Crippen molar-refractivity contribution in [2.45, 2.75) is 32.1 Å². The number of rotatable bonds is 2. The van der Waals surface area contributed by atoms with Gasteiger partial charge in [-0.3, -0.25) is 4.90 Å². The summed E-state index contributed by atoms with van der Waals surface area (Å²) in [5.74, 6) is 1.08. The summed E-state index contributed by atoms with van der Waals surface area (Å²) in [5, 5.41) is 3.39. The van der Waals surface area contributed by atoms with Crippen LogP contribution >= 0.6 is 0 Å². The van der Waals surface area contributed by atoms with Crippen LogP contribution in [0.2, 0.25) is 0 Å². The minimum Gasteiger partial charge on any atom is -0.316 e. The first-order chi connectivity index (χ1) is 9.80. The lowest BCUT2D eigenvalue weighted by atomic mass is 9.84. The van der Waals surface area contributed by atoms with E-state index >= 15 is 0 Å². The summed E-state index contributed by atoms with van der Waals surface area (Å²) in [5.41, 5.74) is -0.186. The maximum Gasteiger partial charge on any atom is 0.416 e. The quantitative estimate of drug-likeness (QED) is 0.902. The predicted molar refractivity (Wildman–Crippen MR) is 75.8 cm³/mol. The fourth-order valence-corrected chi connectivity index (χ4v) is 3.91. The maximum absolute atomic E-state index is 13.1. The zero-order valence-corrected chi connectivity index (χ0v) is 12.4. The summed E-state index contributed by atoms with van der Waals surface area (Å²) >= 11 is 0. The van der Waals surface area contributed by atoms with Gasteiger partial charge in [-0.1, -0.05) is 18.2 Å². The zero-order valence-electron chi connectivity index (χ0n) is 12.4. The van der Waals surface area contributed by atoms with Gasteiger partial charge in [-0.25, -0.2) is 0 Å². The van der Waals surface area contributed by atoms with Crippen molar-refractivity contribution in [2.75, 3.05) is 19.6 Å². The van der Waals surface area contributed by atoms with Crippen LogP contribution in [0.1, 0.15) is 25.0 Å². The van der Waals surface area contributed by atoms with Gasteiger partial charge < -0.3 is 5.32 Å². The monoisotopic (exact) mass is 298 g/mol. The van der Waals surface area contributed by atoms with Crippen molar-refractivity contribution in [1.82, 2.24) is 10.2 Å². The highest BCUT2D eigenvalue weighted by atomic mass is 19.4. The molecule has 21 heavy (non-hydrogen) atoms. The molecule has 5 heteroatoms. The first kappa shape index (κ1) is 14.9. The Balaban J connectivity index is 1.85. The summed E-state index contributed by atoms with van der Waals surface area (Å²) in [7, 11) is 0. The molecule has 0 aromatic heterocycles. The highest BCUT2D eigenvalue weighted by Crippen LogP contribution is 2.42. The molecule has 0 saturated carbocycles. The number of halogens is 3. The number of alkyl halides is 3. The van der Waals surface area contributed by atoms with Crippen molar-refractivity contribution in [2.24, 2.45) is 11.8 Å². The normalized spacial score (nSPS) is 28.8. The molecule has 2 nitrogen and oxygen atoms in total. The van der Waals surface area contributed by atoms with Crippen LogP contribution in [0.25, 0.3) is 0 Å². The smallest absolute Gasteiger partial charge is 0.316 e. The van der Waals surface area contributed by atoms with Crippen LogP contribution in [-0.4, -0.2) is 30.1 Å². The average molecular weight is 298 g/mol. The van der Waals surface area contributed by atoms with Gasteiger partial charge >= 0.3 is 6.18 Å². The summed E-state index contributed by atoms with van der Waals surface area (Å²) in [6.45, 7) is 7.49. The van der Waals surface area contributed by atoms with Crippen molar-refractivity contribution in [3.63, 3.8) is 0 Å². The van der Waals surface area contributed by atoms with Crippen LogP contribution in [0.3, 0.4) is 0 Å². The summed E-state index contributed by atoms with van der Waals surface area (Å²) in [6.07, 6.45) is -4.28. The van der Waals surface area contributed by atoms with E-state index < -0.39 is 11.7 Å². The van der Waals surface area contributed by atoms with Gasteiger partial charge in [-0.15, -0.1) is 0 Å². The van der Waals surface area contributed by atoms with Crippen LogP contribution < -0.4 is 5.32 Å². The number of fused-ring (bicyclic) bond motifs is 1. The largest absolute Gasteiger partial charge is 0.416 e. The Hall–Kier alpha value is -1.07. The molecule has 2 unspecified atom stereocenters. The van der Waals surface area contributed by atoms with Gasteiger partial charge in [0, 0.05) is 25.2 Å². The lowest BCUT2D eigenvalue weighted by Gasteiger charge is -2.36. The topological polar surface area (TPSA) is 15.3 Å². The summed E-state index contributed by atoms with van der Waals surface area (Å²) in [6, 6.07) is 5.93. The average Bonchev–Trinajstić information content (AvgIpc) is 2.93. The van der Waals surface area contributed by atoms with Crippen molar-refractivity contribution in [3.8, 4) is 0 Å². The minimum absolute atomic E-state index is 0.0626. The first-order valence-corrected chi connectivity index (χ1v) is 7.41. The predicted octanol–water partition coefficient (Wildman–Crippen LogP) is 3.14. The second-order valence-corrected chi connectivity index (χ2v) is 6.71. The molecule has 2 fully saturated rings. The molecule has 0 radical (unpaired) electrons. The van der Waals surface area contributed by atoms with Crippen LogP contribution in [0, 0.1) is 11.8 Å². The van der Waals surface area contributed by atoms with Crippen molar-refractivity contribution in [3.05, 3.63) is 35.4 Å². The molecule has 2 aliphatic rings. The van der Waals surface area contributed by atoms with Crippen LogP contribution in [-0.2, 0) is 12.7 Å². The highest BCUT2D eigenvalue weighted by molar-refractivity contribution is 5.30. The second-order valence-electron chi connectivity index (χ2n) is 6.71. The standard InChI is InChI=1S/C16H21F3N2/c1-15(2)14-8-20-7-12(14)10-21(15)9-11-5-3-4-6-13(11)16(17,18)19/h3-6,12,14,20H,7-10H2,1-2H3. The maximum atomic E-state index is 13.1. The third-order valence-corrected chi connectivity index (χ3v) is 5.20. The van der Waals surface area contributed by atoms with Gasteiger partial charge in [0.15, 0.2) is 0 Å². The Morgan fingerprint density at radius 1 is 1.24 bits per heavy atom. The van der Waals surface area contributed by atoms with Gasteiger partial charge in [-0.05, 0) is 43.9 Å². The van der Waals surface area contributed by atoms with Crippen molar-refractivity contribution < 1.29 is 13.2 Å². The van der Waals surface area contributed by atoms with E-state index in [1.54, 1.807) is 12.1 Å². The number of hydrogen-bond acceptors (Lipinski definition) is 2. The molecule has 0 bridgehead atoms. The Kier molecular flexibility index (Phi) is 3.53.